The zero-order valence-electron chi connectivity index (χ0n) is 17.4. The van der Waals surface area contributed by atoms with Gasteiger partial charge in [-0.15, -0.1) is 5.10 Å². The lowest BCUT2D eigenvalue weighted by Gasteiger charge is -2.15. The summed E-state index contributed by atoms with van der Waals surface area (Å²) < 4.78 is 11.4. The number of carbonyl (C=O) groups is 3. The molecular formula is C18H30N4O5S. The number of carbonyl (C=O) groups excluding carboxylic acids is 3. The number of nitrogens with zero attached hydrogens (tertiary/aromatic N) is 4. The quantitative estimate of drug-likeness (QED) is 0.327. The van der Waals surface area contributed by atoms with Crippen LogP contribution in [0.5, 0.6) is 0 Å². The molecule has 10 heteroatoms. The minimum Gasteiger partial charge on any atom is -0.464 e. The smallest absolute Gasteiger partial charge is 0.346 e. The summed E-state index contributed by atoms with van der Waals surface area (Å²) in [5, 5.41) is 3.16. The number of rotatable bonds is 10. The van der Waals surface area contributed by atoms with Crippen LogP contribution in [0.15, 0.2) is 5.16 Å². The van der Waals surface area contributed by atoms with Crippen molar-refractivity contribution in [2.45, 2.75) is 63.3 Å². The maximum Gasteiger partial charge on any atom is 0.346 e. The highest BCUT2D eigenvalue weighted by Gasteiger charge is 2.34. The molecule has 28 heavy (non-hydrogen) atoms. The van der Waals surface area contributed by atoms with E-state index < -0.39 is 23.2 Å². The third-order valence-electron chi connectivity index (χ3n) is 3.76. The van der Waals surface area contributed by atoms with Crippen molar-refractivity contribution in [3.63, 3.8) is 0 Å². The van der Waals surface area contributed by atoms with E-state index in [9.17, 15) is 14.4 Å². The van der Waals surface area contributed by atoms with Gasteiger partial charge in [0.1, 0.15) is 0 Å². The molecule has 0 saturated carbocycles. The Labute approximate surface area is 170 Å². The molecule has 1 unspecified atom stereocenters. The van der Waals surface area contributed by atoms with Crippen molar-refractivity contribution in [1.29, 1.82) is 0 Å². The minimum atomic E-state index is -1.28. The van der Waals surface area contributed by atoms with Gasteiger partial charge in [-0.25, -0.2) is 9.78 Å². The summed E-state index contributed by atoms with van der Waals surface area (Å²) in [5.41, 5.74) is 0. The third-order valence-corrected chi connectivity index (χ3v) is 4.85. The molecule has 1 aromatic heterocycles. The van der Waals surface area contributed by atoms with Crippen LogP contribution in [0.1, 0.15) is 58.7 Å². The van der Waals surface area contributed by atoms with Gasteiger partial charge < -0.3 is 14.4 Å². The summed E-state index contributed by atoms with van der Waals surface area (Å²) in [5.74, 6) is -0.939. The van der Waals surface area contributed by atoms with Gasteiger partial charge in [0, 0.05) is 20.0 Å². The summed E-state index contributed by atoms with van der Waals surface area (Å²) in [6.45, 7) is 8.03. The molecule has 0 aliphatic rings. The Morgan fingerprint density at radius 3 is 2.04 bits per heavy atom. The average Bonchev–Trinajstić information content (AvgIpc) is 3.10. The largest absolute Gasteiger partial charge is 0.464 e. The predicted octanol–water partition coefficient (Wildman–Crippen LogP) is 2.69. The van der Waals surface area contributed by atoms with Crippen molar-refractivity contribution in [2.75, 3.05) is 27.3 Å². The summed E-state index contributed by atoms with van der Waals surface area (Å²) >= 11 is 0.820. The van der Waals surface area contributed by atoms with Gasteiger partial charge in [-0.05, 0) is 19.3 Å². The van der Waals surface area contributed by atoms with E-state index in [1.165, 1.54) is 4.90 Å². The molecule has 0 bridgehead atoms. The van der Waals surface area contributed by atoms with Crippen LogP contribution in [0, 0.1) is 0 Å². The monoisotopic (exact) mass is 414 g/mol. The molecule has 9 nitrogen and oxygen atoms in total. The number of thioether (sulfide) groups is 1. The van der Waals surface area contributed by atoms with Crippen molar-refractivity contribution in [3.8, 4) is 0 Å². The number of esters is 2. The fourth-order valence-corrected chi connectivity index (χ4v) is 2.85. The molecule has 0 spiro atoms. The highest BCUT2D eigenvalue weighted by Crippen LogP contribution is 2.27. The van der Waals surface area contributed by atoms with E-state index in [1.807, 2.05) is 27.7 Å². The average molecular weight is 415 g/mol. The van der Waals surface area contributed by atoms with E-state index in [1.54, 1.807) is 14.1 Å². The zero-order chi connectivity index (χ0) is 21.3. The Morgan fingerprint density at radius 1 is 1.07 bits per heavy atom. The van der Waals surface area contributed by atoms with Crippen LogP contribution >= 0.6 is 11.8 Å². The number of hydrogen-bond donors (Lipinski definition) is 0. The van der Waals surface area contributed by atoms with Gasteiger partial charge in [-0.1, -0.05) is 39.5 Å². The van der Waals surface area contributed by atoms with Gasteiger partial charge in [0.2, 0.25) is 5.25 Å². The summed E-state index contributed by atoms with van der Waals surface area (Å²) in [6.07, 6.45) is 2.03. The summed E-state index contributed by atoms with van der Waals surface area (Å²) in [6, 6.07) is -0.424. The lowest BCUT2D eigenvalue weighted by atomic mass is 10.1. The van der Waals surface area contributed by atoms with Crippen LogP contribution in [0.25, 0.3) is 0 Å². The van der Waals surface area contributed by atoms with Gasteiger partial charge in [0.25, 0.3) is 0 Å². The first kappa shape index (κ1) is 23.9. The second-order valence-electron chi connectivity index (χ2n) is 6.48. The van der Waals surface area contributed by atoms with E-state index in [0.717, 1.165) is 22.9 Å². The Morgan fingerprint density at radius 2 is 1.61 bits per heavy atom. The minimum absolute atomic E-state index is 0.0214. The molecular weight excluding hydrogens is 384 g/mol. The Kier molecular flexibility index (Phi) is 9.98. The van der Waals surface area contributed by atoms with Crippen LogP contribution in [0.4, 0.5) is 4.79 Å². The summed E-state index contributed by atoms with van der Waals surface area (Å²) in [4.78, 5) is 43.1. The van der Waals surface area contributed by atoms with E-state index >= 15 is 0 Å². The van der Waals surface area contributed by atoms with Crippen LogP contribution in [-0.4, -0.2) is 70.2 Å². The van der Waals surface area contributed by atoms with Crippen LogP contribution < -0.4 is 0 Å². The number of aromatic nitrogens is 3. The van der Waals surface area contributed by atoms with Gasteiger partial charge in [-0.2, -0.15) is 4.68 Å². The molecule has 0 saturated heterocycles. The number of amides is 1. The lowest BCUT2D eigenvalue weighted by Crippen LogP contribution is -2.33. The molecule has 1 heterocycles. The van der Waals surface area contributed by atoms with Gasteiger partial charge in [0.15, 0.2) is 11.0 Å². The molecule has 0 N–H and O–H groups in total. The van der Waals surface area contributed by atoms with E-state index in [4.69, 9.17) is 9.47 Å². The number of hydrogen-bond acceptors (Lipinski definition) is 8. The predicted molar refractivity (Wildman–Crippen MR) is 105 cm³/mol. The molecule has 1 rings (SSSR count). The zero-order valence-corrected chi connectivity index (χ0v) is 18.2. The highest BCUT2D eigenvalue weighted by atomic mass is 32.2. The van der Waals surface area contributed by atoms with Crippen molar-refractivity contribution in [3.05, 3.63) is 5.82 Å². The van der Waals surface area contributed by atoms with Crippen molar-refractivity contribution in [2.24, 2.45) is 0 Å². The molecule has 158 valence electrons. The Hall–Kier alpha value is -2.10. The normalized spacial score (nSPS) is 12.0. The van der Waals surface area contributed by atoms with E-state index in [-0.39, 0.29) is 24.3 Å². The van der Waals surface area contributed by atoms with Crippen LogP contribution in [0.2, 0.25) is 0 Å². The first-order valence-electron chi connectivity index (χ1n) is 9.45. The van der Waals surface area contributed by atoms with Crippen molar-refractivity contribution in [1.82, 2.24) is 19.7 Å². The maximum absolute atomic E-state index is 12.5. The van der Waals surface area contributed by atoms with Crippen LogP contribution in [-0.2, 0) is 19.1 Å². The van der Waals surface area contributed by atoms with E-state index in [2.05, 4.69) is 10.1 Å². The summed E-state index contributed by atoms with van der Waals surface area (Å²) in [7, 11) is 3.17. The molecule has 0 aliphatic heterocycles. The first-order chi connectivity index (χ1) is 13.3. The standard InChI is InChI=1S/C18H30N4O5S/c1-7-10-26-15(23)13(16(24)27-11-8-2)28-17-19-14(12(4)9-3)20-22(17)18(25)21(5)6/h12-13H,7-11H2,1-6H3. The Bertz CT molecular complexity index is 657. The molecule has 1 atom stereocenters. The molecule has 1 amide bonds. The van der Waals surface area contributed by atoms with Crippen LogP contribution in [0.3, 0.4) is 0 Å². The fraction of sp³-hybridized carbons (Fsp3) is 0.722. The van der Waals surface area contributed by atoms with Crippen molar-refractivity contribution < 1.29 is 23.9 Å². The SMILES string of the molecule is CCCOC(=O)C(Sc1nc(C(C)CC)nn1C(=O)N(C)C)C(=O)OCCC. The molecule has 0 radical (unpaired) electrons. The molecule has 1 aromatic rings. The van der Waals surface area contributed by atoms with E-state index in [0.29, 0.717) is 18.7 Å². The first-order valence-corrected chi connectivity index (χ1v) is 10.3. The maximum atomic E-state index is 12.5. The Balaban J connectivity index is 3.23. The fourth-order valence-electron chi connectivity index (χ4n) is 1.95. The molecule has 0 aromatic carbocycles. The molecule has 0 aliphatic carbocycles. The van der Waals surface area contributed by atoms with Crippen molar-refractivity contribution >= 4 is 29.7 Å². The molecule has 0 fully saturated rings. The second kappa shape index (κ2) is 11.7. The van der Waals surface area contributed by atoms with Gasteiger partial charge in [-0.3, -0.25) is 9.59 Å². The van der Waals surface area contributed by atoms with Gasteiger partial charge in [0.05, 0.1) is 13.2 Å². The number of ether oxygens (including phenoxy) is 2. The van der Waals surface area contributed by atoms with Gasteiger partial charge >= 0.3 is 18.0 Å². The highest BCUT2D eigenvalue weighted by molar-refractivity contribution is 8.01. The third kappa shape index (κ3) is 6.50. The second-order valence-corrected chi connectivity index (χ2v) is 7.56. The topological polar surface area (TPSA) is 104 Å². The lowest BCUT2D eigenvalue weighted by molar-refractivity contribution is -0.153.